The van der Waals surface area contributed by atoms with E-state index in [0.717, 1.165) is 5.56 Å². The number of rotatable bonds is 5. The van der Waals surface area contributed by atoms with Crippen molar-refractivity contribution in [2.75, 3.05) is 0 Å². The molecule has 0 spiro atoms. The van der Waals surface area contributed by atoms with Crippen LogP contribution >= 0.6 is 11.6 Å². The van der Waals surface area contributed by atoms with Gasteiger partial charge in [-0.3, -0.25) is 4.79 Å². The van der Waals surface area contributed by atoms with Gasteiger partial charge in [-0.1, -0.05) is 30.7 Å². The summed E-state index contributed by atoms with van der Waals surface area (Å²) in [6.07, 6.45) is 3.24. The van der Waals surface area contributed by atoms with Crippen molar-refractivity contribution in [3.63, 3.8) is 0 Å². The molecule has 1 rings (SSSR count). The lowest BCUT2D eigenvalue weighted by atomic mass is 10.2. The smallest absolute Gasteiger partial charge is 0.326 e. The van der Waals surface area contributed by atoms with E-state index in [2.05, 4.69) is 5.32 Å². The van der Waals surface area contributed by atoms with Gasteiger partial charge in [0.1, 0.15) is 6.04 Å². The van der Waals surface area contributed by atoms with E-state index in [-0.39, 0.29) is 0 Å². The molecule has 0 saturated heterocycles. The van der Waals surface area contributed by atoms with E-state index in [1.807, 2.05) is 0 Å². The van der Waals surface area contributed by atoms with Gasteiger partial charge in [0.25, 0.3) is 0 Å². The number of carbonyl (C=O) groups is 2. The first-order valence-electron chi connectivity index (χ1n) is 5.50. The molecule has 0 fully saturated rings. The van der Waals surface area contributed by atoms with Gasteiger partial charge in [-0.25, -0.2) is 4.79 Å². The average Bonchev–Trinajstić information content (AvgIpc) is 2.35. The zero-order chi connectivity index (χ0) is 13.5. The Morgan fingerprint density at radius 3 is 2.50 bits per heavy atom. The number of hydrogen-bond donors (Lipinski definition) is 2. The number of carbonyl (C=O) groups excluding carboxylic acids is 1. The fourth-order valence-electron chi connectivity index (χ4n) is 1.30. The maximum absolute atomic E-state index is 11.5. The minimum atomic E-state index is -1.04. The molecule has 96 valence electrons. The van der Waals surface area contributed by atoms with Crippen LogP contribution < -0.4 is 5.32 Å². The van der Waals surface area contributed by atoms with E-state index in [4.69, 9.17) is 16.7 Å². The Morgan fingerprint density at radius 2 is 2.00 bits per heavy atom. The molecular formula is C13H14ClNO3. The summed E-state index contributed by atoms with van der Waals surface area (Å²) in [4.78, 5) is 22.2. The molecule has 2 N–H and O–H groups in total. The Hall–Kier alpha value is -1.81. The largest absolute Gasteiger partial charge is 0.480 e. The fourth-order valence-corrected chi connectivity index (χ4v) is 1.43. The first kappa shape index (κ1) is 14.3. The van der Waals surface area contributed by atoms with Crippen molar-refractivity contribution in [1.82, 2.24) is 5.32 Å². The third-order valence-corrected chi connectivity index (χ3v) is 2.57. The monoisotopic (exact) mass is 267 g/mol. The summed E-state index contributed by atoms with van der Waals surface area (Å²) in [5, 5.41) is 11.8. The molecular weight excluding hydrogens is 254 g/mol. The van der Waals surface area contributed by atoms with Gasteiger partial charge in [-0.15, -0.1) is 0 Å². The number of nitrogens with one attached hydrogen (secondary N) is 1. The van der Waals surface area contributed by atoms with Crippen LogP contribution in [-0.4, -0.2) is 23.0 Å². The number of carboxylic acid groups (broad SMARTS) is 1. The summed E-state index contributed by atoms with van der Waals surface area (Å²) >= 11 is 5.73. The minimum Gasteiger partial charge on any atom is -0.480 e. The number of hydrogen-bond acceptors (Lipinski definition) is 2. The highest BCUT2D eigenvalue weighted by molar-refractivity contribution is 6.30. The molecule has 0 aliphatic rings. The predicted molar refractivity (Wildman–Crippen MR) is 70.3 cm³/mol. The van der Waals surface area contributed by atoms with Crippen molar-refractivity contribution in [3.05, 3.63) is 40.9 Å². The maximum Gasteiger partial charge on any atom is 0.326 e. The number of benzene rings is 1. The second-order valence-electron chi connectivity index (χ2n) is 3.69. The highest BCUT2D eigenvalue weighted by atomic mass is 35.5. The maximum atomic E-state index is 11.5. The van der Waals surface area contributed by atoms with Gasteiger partial charge >= 0.3 is 5.97 Å². The lowest BCUT2D eigenvalue weighted by Gasteiger charge is -2.09. The van der Waals surface area contributed by atoms with Gasteiger partial charge < -0.3 is 10.4 Å². The van der Waals surface area contributed by atoms with Gasteiger partial charge in [0.05, 0.1) is 0 Å². The number of aliphatic carboxylic acids is 1. The van der Waals surface area contributed by atoms with Gasteiger partial charge in [0.15, 0.2) is 0 Å². The fraction of sp³-hybridized carbons (Fsp3) is 0.231. The van der Waals surface area contributed by atoms with Crippen molar-refractivity contribution in [3.8, 4) is 0 Å². The number of halogens is 1. The summed E-state index contributed by atoms with van der Waals surface area (Å²) < 4.78 is 0. The standard InChI is InChI=1S/C13H14ClNO3/c1-2-11(13(17)18)15-12(16)8-5-9-3-6-10(14)7-4-9/h3-8,11H,2H2,1H3,(H,15,16)(H,17,18)/t11-/m1/s1. The Bertz CT molecular complexity index is 454. The zero-order valence-corrected chi connectivity index (χ0v) is 10.6. The lowest BCUT2D eigenvalue weighted by molar-refractivity contribution is -0.141. The second kappa shape index (κ2) is 6.81. The van der Waals surface area contributed by atoms with Crippen LogP contribution in [0, 0.1) is 0 Å². The molecule has 0 heterocycles. The van der Waals surface area contributed by atoms with Crippen LogP contribution in [0.3, 0.4) is 0 Å². The first-order valence-corrected chi connectivity index (χ1v) is 5.87. The van der Waals surface area contributed by atoms with Crippen LogP contribution in [0.15, 0.2) is 30.3 Å². The lowest BCUT2D eigenvalue weighted by Crippen LogP contribution is -2.39. The Kier molecular flexibility index (Phi) is 5.39. The Morgan fingerprint density at radius 1 is 1.39 bits per heavy atom. The topological polar surface area (TPSA) is 66.4 Å². The second-order valence-corrected chi connectivity index (χ2v) is 4.13. The van der Waals surface area contributed by atoms with Crippen LogP contribution in [0.1, 0.15) is 18.9 Å². The van der Waals surface area contributed by atoms with Crippen molar-refractivity contribution in [2.24, 2.45) is 0 Å². The van der Waals surface area contributed by atoms with E-state index in [1.54, 1.807) is 37.3 Å². The van der Waals surface area contributed by atoms with E-state index in [1.165, 1.54) is 6.08 Å². The summed E-state index contributed by atoms with van der Waals surface area (Å²) in [5.41, 5.74) is 0.818. The molecule has 0 aromatic heterocycles. The normalized spacial score (nSPS) is 12.3. The van der Waals surface area contributed by atoms with Gasteiger partial charge in [0, 0.05) is 11.1 Å². The molecule has 5 heteroatoms. The minimum absolute atomic E-state index is 0.343. The number of carboxylic acids is 1. The highest BCUT2D eigenvalue weighted by Crippen LogP contribution is 2.10. The summed E-state index contributed by atoms with van der Waals surface area (Å²) in [6, 6.07) is 6.10. The van der Waals surface area contributed by atoms with E-state index in [0.29, 0.717) is 11.4 Å². The summed E-state index contributed by atoms with van der Waals surface area (Å²) in [5.74, 6) is -1.47. The molecule has 0 saturated carbocycles. The molecule has 4 nitrogen and oxygen atoms in total. The van der Waals surface area contributed by atoms with E-state index in [9.17, 15) is 9.59 Å². The van der Waals surface area contributed by atoms with Crippen molar-refractivity contribution >= 4 is 29.6 Å². The molecule has 0 bridgehead atoms. The first-order chi connectivity index (χ1) is 8.52. The van der Waals surface area contributed by atoms with Crippen LogP contribution in [-0.2, 0) is 9.59 Å². The Labute approximate surface area is 110 Å². The molecule has 1 aromatic rings. The van der Waals surface area contributed by atoms with Crippen LogP contribution in [0.2, 0.25) is 5.02 Å². The zero-order valence-electron chi connectivity index (χ0n) is 9.89. The summed E-state index contributed by atoms with van der Waals surface area (Å²) in [7, 11) is 0. The molecule has 0 aliphatic heterocycles. The average molecular weight is 268 g/mol. The highest BCUT2D eigenvalue weighted by Gasteiger charge is 2.15. The van der Waals surface area contributed by atoms with Crippen molar-refractivity contribution in [1.29, 1.82) is 0 Å². The molecule has 1 aromatic carbocycles. The molecule has 1 atom stereocenters. The van der Waals surface area contributed by atoms with Crippen molar-refractivity contribution < 1.29 is 14.7 Å². The molecule has 0 radical (unpaired) electrons. The molecule has 0 aliphatic carbocycles. The molecule has 0 unspecified atom stereocenters. The molecule has 18 heavy (non-hydrogen) atoms. The van der Waals surface area contributed by atoms with Gasteiger partial charge in [-0.05, 0) is 30.2 Å². The van der Waals surface area contributed by atoms with E-state index >= 15 is 0 Å². The van der Waals surface area contributed by atoms with Crippen LogP contribution in [0.4, 0.5) is 0 Å². The van der Waals surface area contributed by atoms with Crippen LogP contribution in [0.5, 0.6) is 0 Å². The van der Waals surface area contributed by atoms with Gasteiger partial charge in [-0.2, -0.15) is 0 Å². The SMILES string of the molecule is CC[C@@H](NC(=O)C=Cc1ccc(Cl)cc1)C(=O)O. The van der Waals surface area contributed by atoms with E-state index < -0.39 is 17.9 Å². The van der Waals surface area contributed by atoms with Crippen LogP contribution in [0.25, 0.3) is 6.08 Å². The summed E-state index contributed by atoms with van der Waals surface area (Å²) in [6.45, 7) is 1.70. The number of amides is 1. The quantitative estimate of drug-likeness (QED) is 0.805. The third kappa shape index (κ3) is 4.59. The predicted octanol–water partition coefficient (Wildman–Crippen LogP) is 2.33. The molecule has 1 amide bonds. The van der Waals surface area contributed by atoms with Crippen molar-refractivity contribution in [2.45, 2.75) is 19.4 Å². The Balaban J connectivity index is 2.59. The third-order valence-electron chi connectivity index (χ3n) is 2.32. The van der Waals surface area contributed by atoms with Gasteiger partial charge in [0.2, 0.25) is 5.91 Å².